The molecule has 1 saturated heterocycles. The van der Waals surface area contributed by atoms with Crippen molar-refractivity contribution in [3.8, 4) is 5.75 Å². The van der Waals surface area contributed by atoms with Crippen molar-refractivity contribution in [2.45, 2.75) is 57.0 Å². The highest BCUT2D eigenvalue weighted by Crippen LogP contribution is 2.49. The van der Waals surface area contributed by atoms with E-state index in [9.17, 15) is 13.2 Å². The number of rotatable bonds is 2. The van der Waals surface area contributed by atoms with Gasteiger partial charge in [-0.3, -0.25) is 0 Å². The minimum Gasteiger partial charge on any atom is -0.406 e. The fraction of sp³-hybridized carbons (Fsp3) is 0.667. The minimum atomic E-state index is -4.67. The average molecular weight is 341 g/mol. The fourth-order valence-corrected chi connectivity index (χ4v) is 4.65. The van der Waals surface area contributed by atoms with Gasteiger partial charge in [-0.05, 0) is 43.4 Å². The molecule has 1 N–H and O–H groups in total. The summed E-state index contributed by atoms with van der Waals surface area (Å²) in [5.74, 6) is 0.794. The van der Waals surface area contributed by atoms with Crippen LogP contribution < -0.4 is 10.1 Å². The van der Waals surface area contributed by atoms with Gasteiger partial charge in [-0.25, -0.2) is 0 Å². The van der Waals surface area contributed by atoms with Gasteiger partial charge in [0.05, 0.1) is 6.10 Å². The molecule has 3 aliphatic rings. The van der Waals surface area contributed by atoms with Crippen molar-refractivity contribution in [3.63, 3.8) is 0 Å². The number of hydrogen-bond acceptors (Lipinski definition) is 3. The van der Waals surface area contributed by atoms with Crippen molar-refractivity contribution in [2.24, 2.45) is 11.8 Å². The van der Waals surface area contributed by atoms with Crippen molar-refractivity contribution >= 4 is 5.69 Å². The van der Waals surface area contributed by atoms with Crippen molar-refractivity contribution in [3.05, 3.63) is 23.8 Å². The highest BCUT2D eigenvalue weighted by atomic mass is 19.4. The van der Waals surface area contributed by atoms with Gasteiger partial charge in [0.1, 0.15) is 5.75 Å². The first-order valence-corrected chi connectivity index (χ1v) is 8.79. The lowest BCUT2D eigenvalue weighted by molar-refractivity contribution is -0.274. The Kier molecular flexibility index (Phi) is 4.11. The number of anilines is 1. The van der Waals surface area contributed by atoms with Gasteiger partial charge in [0.25, 0.3) is 0 Å². The Hall–Kier alpha value is -1.43. The molecule has 2 heterocycles. The molecule has 24 heavy (non-hydrogen) atoms. The van der Waals surface area contributed by atoms with Gasteiger partial charge in [0.2, 0.25) is 0 Å². The molecule has 0 aromatic heterocycles. The predicted octanol–water partition coefficient (Wildman–Crippen LogP) is 5.04. The summed E-state index contributed by atoms with van der Waals surface area (Å²) >= 11 is 0. The summed E-state index contributed by atoms with van der Waals surface area (Å²) in [5, 5.41) is 3.61. The second kappa shape index (κ2) is 6.14. The number of halogens is 3. The Bertz CT molecular complexity index is 598. The first-order chi connectivity index (χ1) is 11.5. The maximum atomic E-state index is 12.5. The molecule has 1 aliphatic carbocycles. The van der Waals surface area contributed by atoms with Crippen molar-refractivity contribution < 1.29 is 22.6 Å². The van der Waals surface area contributed by atoms with Gasteiger partial charge >= 0.3 is 6.36 Å². The third-order valence-electron chi connectivity index (χ3n) is 5.64. The second-order valence-electron chi connectivity index (χ2n) is 7.11. The van der Waals surface area contributed by atoms with E-state index >= 15 is 0 Å². The van der Waals surface area contributed by atoms with Gasteiger partial charge < -0.3 is 14.8 Å². The zero-order chi connectivity index (χ0) is 16.7. The van der Waals surface area contributed by atoms with Crippen molar-refractivity contribution in [2.75, 3.05) is 11.9 Å². The van der Waals surface area contributed by atoms with E-state index in [1.54, 1.807) is 6.07 Å². The van der Waals surface area contributed by atoms with E-state index in [4.69, 9.17) is 4.74 Å². The molecule has 3 atom stereocenters. The Morgan fingerprint density at radius 2 is 1.88 bits per heavy atom. The van der Waals surface area contributed by atoms with Crippen LogP contribution in [0, 0.1) is 11.8 Å². The lowest BCUT2D eigenvalue weighted by atomic mass is 9.73. The summed E-state index contributed by atoms with van der Waals surface area (Å²) < 4.78 is 47.4. The fourth-order valence-electron chi connectivity index (χ4n) is 4.65. The molecule has 6 heteroatoms. The van der Waals surface area contributed by atoms with Crippen LogP contribution in [0.4, 0.5) is 18.9 Å². The summed E-state index contributed by atoms with van der Waals surface area (Å²) in [4.78, 5) is 0. The van der Waals surface area contributed by atoms with Gasteiger partial charge in [-0.15, -0.1) is 13.2 Å². The standard InChI is InChI=1S/C18H22F3NO2/c19-18(20,21)24-12-6-7-15-14(10-12)17-13(8-9-23-17)16(22-15)11-4-2-1-3-5-11/h6-7,10-11,13,16-17,22H,1-5,8-9H2/t13-,16+,17-/m0/s1. The Morgan fingerprint density at radius 3 is 2.62 bits per heavy atom. The normalized spacial score (nSPS) is 30.4. The summed E-state index contributed by atoms with van der Waals surface area (Å²) in [6, 6.07) is 4.92. The molecule has 0 bridgehead atoms. The van der Waals surface area contributed by atoms with E-state index in [-0.39, 0.29) is 11.9 Å². The molecule has 0 unspecified atom stereocenters. The monoisotopic (exact) mass is 341 g/mol. The Balaban J connectivity index is 1.62. The van der Waals surface area contributed by atoms with Crippen LogP contribution in [0.5, 0.6) is 5.75 Å². The largest absolute Gasteiger partial charge is 0.573 e. The molecule has 2 fully saturated rings. The molecular formula is C18H22F3NO2. The quantitative estimate of drug-likeness (QED) is 0.818. The highest BCUT2D eigenvalue weighted by Gasteiger charge is 2.44. The highest BCUT2D eigenvalue weighted by molar-refractivity contribution is 5.58. The van der Waals surface area contributed by atoms with Gasteiger partial charge in [0, 0.05) is 29.8 Å². The molecule has 4 rings (SSSR count). The lowest BCUT2D eigenvalue weighted by Gasteiger charge is -2.42. The van der Waals surface area contributed by atoms with Crippen molar-refractivity contribution in [1.82, 2.24) is 0 Å². The first kappa shape index (κ1) is 16.1. The molecule has 3 nitrogen and oxygen atoms in total. The van der Waals surface area contributed by atoms with Gasteiger partial charge in [-0.2, -0.15) is 0 Å². The number of nitrogens with one attached hydrogen (secondary N) is 1. The first-order valence-electron chi connectivity index (χ1n) is 8.79. The number of hydrogen-bond donors (Lipinski definition) is 1. The summed E-state index contributed by atoms with van der Waals surface area (Å²) in [5.41, 5.74) is 1.69. The zero-order valence-electron chi connectivity index (χ0n) is 13.4. The van der Waals surface area contributed by atoms with Crippen LogP contribution in [0.25, 0.3) is 0 Å². The average Bonchev–Trinajstić information content (AvgIpc) is 3.03. The van der Waals surface area contributed by atoms with Crippen LogP contribution in [-0.2, 0) is 4.74 Å². The van der Waals surface area contributed by atoms with Crippen molar-refractivity contribution in [1.29, 1.82) is 0 Å². The third kappa shape index (κ3) is 3.08. The maximum Gasteiger partial charge on any atom is 0.573 e. The molecule has 0 spiro atoms. The third-order valence-corrected chi connectivity index (χ3v) is 5.64. The van der Waals surface area contributed by atoms with Crippen LogP contribution in [-0.4, -0.2) is 19.0 Å². The lowest BCUT2D eigenvalue weighted by Crippen LogP contribution is -2.42. The zero-order valence-corrected chi connectivity index (χ0v) is 13.4. The molecule has 132 valence electrons. The molecule has 0 amide bonds. The molecule has 1 aromatic carbocycles. The maximum absolute atomic E-state index is 12.5. The number of benzene rings is 1. The second-order valence-corrected chi connectivity index (χ2v) is 7.11. The van der Waals surface area contributed by atoms with Gasteiger partial charge in [-0.1, -0.05) is 19.3 Å². The Labute approximate surface area is 139 Å². The predicted molar refractivity (Wildman–Crippen MR) is 83.9 cm³/mol. The summed E-state index contributed by atoms with van der Waals surface area (Å²) in [7, 11) is 0. The van der Waals surface area contributed by atoms with Crippen LogP contribution in [0.1, 0.15) is 50.2 Å². The molecular weight excluding hydrogens is 319 g/mol. The Morgan fingerprint density at radius 1 is 1.08 bits per heavy atom. The number of alkyl halides is 3. The smallest absolute Gasteiger partial charge is 0.406 e. The topological polar surface area (TPSA) is 30.5 Å². The number of ether oxygens (including phenoxy) is 2. The molecule has 0 radical (unpaired) electrons. The minimum absolute atomic E-state index is 0.120. The van der Waals surface area contributed by atoms with Crippen LogP contribution in [0.3, 0.4) is 0 Å². The SMILES string of the molecule is FC(F)(F)Oc1ccc2c(c1)[C@H]1OCC[C@H]1[C@@H](C1CCCCC1)N2. The van der Waals surface area contributed by atoms with E-state index < -0.39 is 6.36 Å². The number of fused-ring (bicyclic) bond motifs is 3. The van der Waals surface area contributed by atoms with E-state index in [1.807, 2.05) is 0 Å². The van der Waals surface area contributed by atoms with Crippen LogP contribution >= 0.6 is 0 Å². The summed E-state index contributed by atoms with van der Waals surface area (Å²) in [6.07, 6.45) is 2.47. The summed E-state index contributed by atoms with van der Waals surface area (Å²) in [6.45, 7) is 0.671. The van der Waals surface area contributed by atoms with Crippen LogP contribution in [0.2, 0.25) is 0 Å². The van der Waals surface area contributed by atoms with Crippen LogP contribution in [0.15, 0.2) is 18.2 Å². The van der Waals surface area contributed by atoms with E-state index in [0.717, 1.165) is 17.7 Å². The van der Waals surface area contributed by atoms with E-state index in [0.29, 0.717) is 24.5 Å². The molecule has 1 saturated carbocycles. The van der Waals surface area contributed by atoms with E-state index in [1.165, 1.54) is 44.2 Å². The molecule has 1 aromatic rings. The molecule has 2 aliphatic heterocycles. The van der Waals surface area contributed by atoms with E-state index in [2.05, 4.69) is 10.1 Å². The van der Waals surface area contributed by atoms with Gasteiger partial charge in [0.15, 0.2) is 0 Å².